The van der Waals surface area contributed by atoms with Crippen LogP contribution in [0.5, 0.6) is 0 Å². The number of carbonyl (C=O) groups is 3. The van der Waals surface area contributed by atoms with Gasteiger partial charge in [-0.05, 0) is 32.1 Å². The third-order valence-electron chi connectivity index (χ3n) is 9.27. The lowest BCUT2D eigenvalue weighted by molar-refractivity contribution is -0.929. The van der Waals surface area contributed by atoms with Crippen molar-refractivity contribution in [2.75, 3.05) is 26.2 Å². The molecule has 0 saturated carbocycles. The van der Waals surface area contributed by atoms with E-state index in [0.29, 0.717) is 43.4 Å². The van der Waals surface area contributed by atoms with Crippen LogP contribution in [0.25, 0.3) is 0 Å². The number of nitrogens with zero attached hydrogens (tertiary/aromatic N) is 1. The van der Waals surface area contributed by atoms with E-state index >= 15 is 0 Å². The lowest BCUT2D eigenvalue weighted by Gasteiger charge is -2.40. The molecule has 0 aromatic rings. The lowest BCUT2D eigenvalue weighted by Crippen LogP contribution is -2.52. The summed E-state index contributed by atoms with van der Waals surface area (Å²) in [6, 6.07) is 0. The second-order valence-electron chi connectivity index (χ2n) is 13.3. The fourth-order valence-electron chi connectivity index (χ4n) is 5.66. The number of hydrogen-bond donors (Lipinski definition) is 3. The summed E-state index contributed by atoms with van der Waals surface area (Å²) in [7, 11) is 0. The molecule has 43 heavy (non-hydrogen) atoms. The van der Waals surface area contributed by atoms with Crippen molar-refractivity contribution in [3.8, 4) is 0 Å². The van der Waals surface area contributed by atoms with Crippen molar-refractivity contribution < 1.29 is 34.2 Å². The highest BCUT2D eigenvalue weighted by atomic mass is 16.4. The van der Waals surface area contributed by atoms with Crippen molar-refractivity contribution in [2.45, 2.75) is 156 Å². The van der Waals surface area contributed by atoms with Crippen LogP contribution in [-0.2, 0) is 14.4 Å². The molecule has 0 amide bonds. The summed E-state index contributed by atoms with van der Waals surface area (Å²) in [5.41, 5.74) is 0. The van der Waals surface area contributed by atoms with Crippen molar-refractivity contribution in [3.63, 3.8) is 0 Å². The quantitative estimate of drug-likeness (QED) is 0.0410. The zero-order valence-corrected chi connectivity index (χ0v) is 28.4. The number of allylic oxidation sites excluding steroid dienone is 2. The van der Waals surface area contributed by atoms with Crippen molar-refractivity contribution in [1.82, 2.24) is 0 Å². The average Bonchev–Trinajstić information content (AvgIpc) is 2.97. The molecule has 0 spiro atoms. The third-order valence-corrected chi connectivity index (χ3v) is 9.27. The molecule has 3 unspecified atom stereocenters. The fraction of sp³-hybridized carbons (Fsp3) is 0.861. The van der Waals surface area contributed by atoms with Gasteiger partial charge in [-0.2, -0.15) is 0 Å². The summed E-state index contributed by atoms with van der Waals surface area (Å²) >= 11 is 0. The first kappa shape index (κ1) is 41.1. The molecule has 0 rings (SSSR count). The van der Waals surface area contributed by atoms with Gasteiger partial charge in [0, 0.05) is 19.3 Å². The number of quaternary nitrogens is 1. The van der Waals surface area contributed by atoms with Gasteiger partial charge < -0.3 is 19.8 Å². The van der Waals surface area contributed by atoms with E-state index in [1.54, 1.807) is 20.8 Å². The molecule has 0 heterocycles. The minimum atomic E-state index is -0.822. The molecule has 0 aliphatic carbocycles. The summed E-state index contributed by atoms with van der Waals surface area (Å²) in [5, 5.41) is 28.3. The van der Waals surface area contributed by atoms with Crippen LogP contribution in [0, 0.1) is 17.8 Å². The number of unbranched alkanes of at least 4 members (excludes halogenated alkanes) is 15. The maximum absolute atomic E-state index is 11.5. The molecule has 3 atom stereocenters. The van der Waals surface area contributed by atoms with Crippen molar-refractivity contribution in [1.29, 1.82) is 0 Å². The minimum absolute atomic E-state index is 0.478. The van der Waals surface area contributed by atoms with E-state index in [2.05, 4.69) is 19.1 Å². The second-order valence-corrected chi connectivity index (χ2v) is 13.3. The van der Waals surface area contributed by atoms with Gasteiger partial charge in [-0.25, -0.2) is 0 Å². The maximum Gasteiger partial charge on any atom is 0.306 e. The standard InChI is InChI=1S/C36H67NO6/c1-5-6-7-8-9-10-11-12-13-14-15-16-17-18-19-20-21-22-23-27-37(28-24-31(2)34(38)39,29-25-32(3)35(40)41)30-26-33(4)36(42)43/h8-9,31-33H,5-7,10-30H2,1-4H3,(H2-,38,39,40,41,42,43)/p+1/b9-8+. The number of carboxylic acids is 3. The second kappa shape index (κ2) is 26.5. The van der Waals surface area contributed by atoms with Gasteiger partial charge in [0.2, 0.25) is 0 Å². The van der Waals surface area contributed by atoms with E-state index in [0.717, 1.165) is 19.4 Å². The van der Waals surface area contributed by atoms with E-state index in [4.69, 9.17) is 0 Å². The van der Waals surface area contributed by atoms with Crippen LogP contribution in [-0.4, -0.2) is 63.9 Å². The number of carboxylic acid groups (broad SMARTS) is 3. The predicted molar refractivity (Wildman–Crippen MR) is 177 cm³/mol. The zero-order valence-electron chi connectivity index (χ0n) is 28.4. The Labute approximate surface area is 264 Å². The molecule has 0 aliphatic heterocycles. The Morgan fingerprint density at radius 2 is 0.791 bits per heavy atom. The van der Waals surface area contributed by atoms with Crippen molar-refractivity contribution in [2.24, 2.45) is 17.8 Å². The zero-order chi connectivity index (χ0) is 32.3. The number of hydrogen-bond acceptors (Lipinski definition) is 3. The monoisotopic (exact) mass is 611 g/mol. The van der Waals surface area contributed by atoms with E-state index in [1.165, 1.54) is 96.3 Å². The van der Waals surface area contributed by atoms with Gasteiger partial charge >= 0.3 is 17.9 Å². The van der Waals surface area contributed by atoms with Gasteiger partial charge in [-0.1, -0.05) is 117 Å². The topological polar surface area (TPSA) is 112 Å². The van der Waals surface area contributed by atoms with Crippen LogP contribution in [0.1, 0.15) is 156 Å². The first-order valence-corrected chi connectivity index (χ1v) is 17.7. The Balaban J connectivity index is 4.44. The van der Waals surface area contributed by atoms with Gasteiger partial charge in [0.25, 0.3) is 0 Å². The summed E-state index contributed by atoms with van der Waals surface area (Å²) in [6.07, 6.45) is 27.8. The first-order chi connectivity index (χ1) is 20.5. The van der Waals surface area contributed by atoms with Gasteiger partial charge in [0.1, 0.15) is 0 Å². The highest BCUT2D eigenvalue weighted by Crippen LogP contribution is 2.22. The van der Waals surface area contributed by atoms with Crippen LogP contribution in [0.15, 0.2) is 12.2 Å². The Hall–Kier alpha value is -1.89. The molecule has 0 aromatic carbocycles. The van der Waals surface area contributed by atoms with Crippen LogP contribution in [0.2, 0.25) is 0 Å². The maximum atomic E-state index is 11.5. The van der Waals surface area contributed by atoms with Crippen LogP contribution in [0.4, 0.5) is 0 Å². The highest BCUT2D eigenvalue weighted by molar-refractivity contribution is 5.70. The van der Waals surface area contributed by atoms with E-state index in [-0.39, 0.29) is 0 Å². The molecule has 252 valence electrons. The minimum Gasteiger partial charge on any atom is -0.481 e. The van der Waals surface area contributed by atoms with Crippen molar-refractivity contribution in [3.05, 3.63) is 12.2 Å². The highest BCUT2D eigenvalue weighted by Gasteiger charge is 2.31. The molecule has 0 radical (unpaired) electrons. The molecule has 0 aliphatic rings. The Morgan fingerprint density at radius 3 is 1.12 bits per heavy atom. The Kier molecular flexibility index (Phi) is 25.3. The largest absolute Gasteiger partial charge is 0.481 e. The summed E-state index contributed by atoms with van der Waals surface area (Å²) < 4.78 is 0.614. The van der Waals surface area contributed by atoms with Crippen LogP contribution >= 0.6 is 0 Å². The average molecular weight is 611 g/mol. The number of rotatable bonds is 31. The fourth-order valence-corrected chi connectivity index (χ4v) is 5.66. The van der Waals surface area contributed by atoms with E-state index < -0.39 is 35.7 Å². The first-order valence-electron chi connectivity index (χ1n) is 17.7. The molecule has 7 nitrogen and oxygen atoms in total. The van der Waals surface area contributed by atoms with E-state index in [9.17, 15) is 29.7 Å². The lowest BCUT2D eigenvalue weighted by atomic mass is 10.0. The molecule has 0 bridgehead atoms. The van der Waals surface area contributed by atoms with Gasteiger partial charge in [-0.15, -0.1) is 0 Å². The van der Waals surface area contributed by atoms with Crippen molar-refractivity contribution >= 4 is 17.9 Å². The SMILES string of the molecule is CCCC/C=C/CCCCCCCCCCCCCCC[N+](CCC(C)C(=O)O)(CCC(C)C(=O)O)CCC(C)C(=O)O. The molecule has 3 N–H and O–H groups in total. The van der Waals surface area contributed by atoms with Gasteiger partial charge in [0.15, 0.2) is 0 Å². The van der Waals surface area contributed by atoms with Gasteiger partial charge in [0.05, 0.1) is 43.9 Å². The Bertz CT molecular complexity index is 692. The molecule has 0 fully saturated rings. The molecule has 7 heteroatoms. The van der Waals surface area contributed by atoms with Crippen LogP contribution < -0.4 is 0 Å². The van der Waals surface area contributed by atoms with E-state index in [1.807, 2.05) is 0 Å². The molecule has 0 aromatic heterocycles. The smallest absolute Gasteiger partial charge is 0.306 e. The molecule has 0 saturated heterocycles. The van der Waals surface area contributed by atoms with Gasteiger partial charge in [-0.3, -0.25) is 14.4 Å². The summed E-state index contributed by atoms with van der Waals surface area (Å²) in [4.78, 5) is 34.5. The molecular weight excluding hydrogens is 542 g/mol. The van der Waals surface area contributed by atoms with Crippen LogP contribution in [0.3, 0.4) is 0 Å². The molecular formula is C36H68NO6+. The normalized spacial score (nSPS) is 15.3. The predicted octanol–water partition coefficient (Wildman–Crippen LogP) is 9.34. The summed E-state index contributed by atoms with van der Waals surface area (Å²) in [6.45, 7) is 10.2. The summed E-state index contributed by atoms with van der Waals surface area (Å²) in [5.74, 6) is -3.90. The third kappa shape index (κ3) is 23.2. The number of aliphatic carboxylic acids is 3. The Morgan fingerprint density at radius 1 is 0.488 bits per heavy atom.